The number of hydrogen-bond donors (Lipinski definition) is 2. The number of nitrogens with one attached hydrogen (secondary N) is 2. The van der Waals surface area contributed by atoms with Gasteiger partial charge in [-0.2, -0.15) is 0 Å². The van der Waals surface area contributed by atoms with Gasteiger partial charge in [0.2, 0.25) is 5.91 Å². The Balaban J connectivity index is 2.02. The molecule has 5 nitrogen and oxygen atoms in total. The molecule has 1 saturated heterocycles. The van der Waals surface area contributed by atoms with E-state index in [0.717, 1.165) is 18.7 Å². The van der Waals surface area contributed by atoms with Gasteiger partial charge in [0.05, 0.1) is 12.0 Å². The smallest absolute Gasteiger partial charge is 0.239 e. The van der Waals surface area contributed by atoms with Gasteiger partial charge >= 0.3 is 0 Å². The number of aromatic nitrogens is 2. The summed E-state index contributed by atoms with van der Waals surface area (Å²) in [5.41, 5.74) is 1.12. The summed E-state index contributed by atoms with van der Waals surface area (Å²) < 4.78 is 1.94. The van der Waals surface area contributed by atoms with Crippen molar-refractivity contribution < 1.29 is 4.79 Å². The number of amides is 1. The molecule has 2 rings (SSSR count). The van der Waals surface area contributed by atoms with Gasteiger partial charge in [0.1, 0.15) is 6.54 Å². The fourth-order valence-electron chi connectivity index (χ4n) is 2.27. The number of nitrogens with zero attached hydrogens (tertiary/aromatic N) is 2. The fraction of sp³-hybridized carbons (Fsp3) is 0.667. The van der Waals surface area contributed by atoms with Gasteiger partial charge in [-0.3, -0.25) is 4.79 Å². The van der Waals surface area contributed by atoms with Gasteiger partial charge in [-0.25, -0.2) is 4.98 Å². The molecular weight excluding hydrogens is 216 g/mol. The first-order chi connectivity index (χ1) is 8.31. The van der Waals surface area contributed by atoms with Crippen LogP contribution in [0.1, 0.15) is 37.9 Å². The molecule has 0 aliphatic carbocycles. The van der Waals surface area contributed by atoms with Gasteiger partial charge in [-0.1, -0.05) is 6.42 Å². The van der Waals surface area contributed by atoms with Crippen LogP contribution in [0.2, 0.25) is 0 Å². The Labute approximate surface area is 102 Å². The van der Waals surface area contributed by atoms with Gasteiger partial charge < -0.3 is 15.2 Å². The lowest BCUT2D eigenvalue weighted by Gasteiger charge is -2.24. The van der Waals surface area contributed by atoms with Gasteiger partial charge in [-0.05, 0) is 26.3 Å². The molecule has 0 bridgehead atoms. The quantitative estimate of drug-likeness (QED) is 0.814. The standard InChI is InChI=1S/C12H20N4O/c1-2-14-12(17)8-16-9-13-7-11(16)10-5-3-4-6-15-10/h7,9-10,15H,2-6,8H2,1H3,(H,14,17). The van der Waals surface area contributed by atoms with Crippen LogP contribution in [0, 0.1) is 0 Å². The highest BCUT2D eigenvalue weighted by atomic mass is 16.1. The topological polar surface area (TPSA) is 59.0 Å². The summed E-state index contributed by atoms with van der Waals surface area (Å²) >= 11 is 0. The second kappa shape index (κ2) is 5.82. The fourth-order valence-corrected chi connectivity index (χ4v) is 2.27. The maximum Gasteiger partial charge on any atom is 0.239 e. The average Bonchev–Trinajstić information content (AvgIpc) is 2.78. The Hall–Kier alpha value is -1.36. The minimum atomic E-state index is 0.0440. The van der Waals surface area contributed by atoms with Crippen molar-refractivity contribution in [2.24, 2.45) is 0 Å². The molecule has 1 fully saturated rings. The van der Waals surface area contributed by atoms with Crippen molar-refractivity contribution in [3.8, 4) is 0 Å². The van der Waals surface area contributed by atoms with E-state index < -0.39 is 0 Å². The molecule has 1 aliphatic heterocycles. The van der Waals surface area contributed by atoms with Crippen molar-refractivity contribution in [1.29, 1.82) is 0 Å². The Morgan fingerprint density at radius 2 is 2.53 bits per heavy atom. The number of piperidine rings is 1. The highest BCUT2D eigenvalue weighted by Crippen LogP contribution is 2.22. The van der Waals surface area contributed by atoms with Crippen molar-refractivity contribution in [3.63, 3.8) is 0 Å². The molecule has 1 atom stereocenters. The second-order valence-electron chi connectivity index (χ2n) is 4.40. The monoisotopic (exact) mass is 236 g/mol. The predicted molar refractivity (Wildman–Crippen MR) is 65.5 cm³/mol. The Bertz CT molecular complexity index is 368. The zero-order chi connectivity index (χ0) is 12.1. The highest BCUT2D eigenvalue weighted by molar-refractivity contribution is 5.75. The zero-order valence-corrected chi connectivity index (χ0v) is 10.3. The molecule has 5 heteroatoms. The molecule has 0 saturated carbocycles. The number of carbonyl (C=O) groups excluding carboxylic acids is 1. The second-order valence-corrected chi connectivity index (χ2v) is 4.40. The third-order valence-electron chi connectivity index (χ3n) is 3.10. The summed E-state index contributed by atoms with van der Waals surface area (Å²) in [5, 5.41) is 6.28. The lowest BCUT2D eigenvalue weighted by Crippen LogP contribution is -2.31. The van der Waals surface area contributed by atoms with Crippen molar-refractivity contribution in [2.45, 2.75) is 38.8 Å². The van der Waals surface area contributed by atoms with Gasteiger partial charge in [0.15, 0.2) is 0 Å². The lowest BCUT2D eigenvalue weighted by atomic mass is 10.0. The third kappa shape index (κ3) is 3.06. The van der Waals surface area contributed by atoms with Crippen molar-refractivity contribution >= 4 is 5.91 Å². The Morgan fingerprint density at radius 1 is 1.65 bits per heavy atom. The molecule has 1 unspecified atom stereocenters. The van der Waals surface area contributed by atoms with Crippen LogP contribution in [0.4, 0.5) is 0 Å². The van der Waals surface area contributed by atoms with Gasteiger partial charge in [0.25, 0.3) is 0 Å². The van der Waals surface area contributed by atoms with E-state index >= 15 is 0 Å². The van der Waals surface area contributed by atoms with E-state index in [1.807, 2.05) is 17.7 Å². The average molecular weight is 236 g/mol. The molecule has 1 amide bonds. The molecular formula is C12H20N4O. The summed E-state index contributed by atoms with van der Waals surface area (Å²) in [4.78, 5) is 15.7. The maximum atomic E-state index is 11.6. The molecule has 2 N–H and O–H groups in total. The number of hydrogen-bond acceptors (Lipinski definition) is 3. The van der Waals surface area contributed by atoms with Crippen LogP contribution in [0.3, 0.4) is 0 Å². The Kier molecular flexibility index (Phi) is 4.14. The number of likely N-dealkylation sites (N-methyl/N-ethyl adjacent to an activating group) is 1. The number of carbonyl (C=O) groups is 1. The van der Waals surface area contributed by atoms with Crippen LogP contribution in [0.25, 0.3) is 0 Å². The van der Waals surface area contributed by atoms with E-state index in [2.05, 4.69) is 15.6 Å². The van der Waals surface area contributed by atoms with Crippen LogP contribution in [0.15, 0.2) is 12.5 Å². The molecule has 1 aromatic rings. The highest BCUT2D eigenvalue weighted by Gasteiger charge is 2.18. The summed E-state index contributed by atoms with van der Waals surface area (Å²) in [7, 11) is 0. The molecule has 1 aliphatic rings. The van der Waals surface area contributed by atoms with Crippen molar-refractivity contribution in [3.05, 3.63) is 18.2 Å². The first kappa shape index (κ1) is 12.1. The van der Waals surface area contributed by atoms with Crippen molar-refractivity contribution in [2.75, 3.05) is 13.1 Å². The lowest BCUT2D eigenvalue weighted by molar-refractivity contribution is -0.121. The summed E-state index contributed by atoms with van der Waals surface area (Å²) in [6, 6.07) is 0.348. The molecule has 0 radical (unpaired) electrons. The van der Waals surface area contributed by atoms with Crippen molar-refractivity contribution in [1.82, 2.24) is 20.2 Å². The summed E-state index contributed by atoms with van der Waals surface area (Å²) in [6.45, 7) is 4.01. The maximum absolute atomic E-state index is 11.6. The van der Waals surface area contributed by atoms with E-state index in [4.69, 9.17) is 0 Å². The molecule has 94 valence electrons. The van der Waals surface area contributed by atoms with E-state index in [1.54, 1.807) is 6.33 Å². The SMILES string of the molecule is CCNC(=O)Cn1cncc1C1CCCCN1. The van der Waals surface area contributed by atoms with Crippen LogP contribution in [0.5, 0.6) is 0 Å². The summed E-state index contributed by atoms with van der Waals surface area (Å²) in [5.74, 6) is 0.0440. The summed E-state index contributed by atoms with van der Waals surface area (Å²) in [6.07, 6.45) is 7.20. The van der Waals surface area contributed by atoms with E-state index in [9.17, 15) is 4.79 Å². The third-order valence-corrected chi connectivity index (χ3v) is 3.10. The van der Waals surface area contributed by atoms with Gasteiger partial charge in [0, 0.05) is 18.8 Å². The van der Waals surface area contributed by atoms with E-state index in [0.29, 0.717) is 19.1 Å². The molecule has 0 spiro atoms. The van der Waals surface area contributed by atoms with Crippen LogP contribution in [-0.4, -0.2) is 28.5 Å². The zero-order valence-electron chi connectivity index (χ0n) is 10.3. The molecule has 2 heterocycles. The van der Waals surface area contributed by atoms with E-state index in [-0.39, 0.29) is 5.91 Å². The normalized spacial score (nSPS) is 20.2. The number of imidazole rings is 1. The van der Waals surface area contributed by atoms with Crippen LogP contribution >= 0.6 is 0 Å². The van der Waals surface area contributed by atoms with Crippen LogP contribution in [-0.2, 0) is 11.3 Å². The molecule has 17 heavy (non-hydrogen) atoms. The first-order valence-electron chi connectivity index (χ1n) is 6.31. The van der Waals surface area contributed by atoms with Crippen LogP contribution < -0.4 is 10.6 Å². The largest absolute Gasteiger partial charge is 0.355 e. The molecule has 1 aromatic heterocycles. The molecule has 0 aromatic carbocycles. The minimum absolute atomic E-state index is 0.0440. The van der Waals surface area contributed by atoms with E-state index in [1.165, 1.54) is 12.8 Å². The minimum Gasteiger partial charge on any atom is -0.355 e. The Morgan fingerprint density at radius 3 is 3.24 bits per heavy atom. The van der Waals surface area contributed by atoms with Gasteiger partial charge in [-0.15, -0.1) is 0 Å². The number of rotatable bonds is 4. The predicted octanol–water partition coefficient (Wildman–Crippen LogP) is 0.834. The first-order valence-corrected chi connectivity index (χ1v) is 6.31.